The Labute approximate surface area is 212 Å². The van der Waals surface area contributed by atoms with Crippen molar-refractivity contribution in [2.45, 2.75) is 50.6 Å². The van der Waals surface area contributed by atoms with E-state index in [1.54, 1.807) is 0 Å². The van der Waals surface area contributed by atoms with Gasteiger partial charge in [-0.2, -0.15) is 0 Å². The maximum absolute atomic E-state index is 11.8. The fourth-order valence-electron chi connectivity index (χ4n) is 6.22. The largest absolute Gasteiger partial charge is 0.485 e. The van der Waals surface area contributed by atoms with Gasteiger partial charge >= 0.3 is 0 Å². The molecule has 0 aromatic heterocycles. The first-order valence-corrected chi connectivity index (χ1v) is 12.8. The summed E-state index contributed by atoms with van der Waals surface area (Å²) in [6.45, 7) is 2.87. The number of fused-ring (bicyclic) bond motifs is 5. The molecule has 1 fully saturated rings. The summed E-state index contributed by atoms with van der Waals surface area (Å²) >= 11 is 0. The van der Waals surface area contributed by atoms with Crippen LogP contribution in [-0.4, -0.2) is 21.9 Å². The fourth-order valence-corrected chi connectivity index (χ4v) is 6.22. The minimum atomic E-state index is -0.979. The zero-order valence-electron chi connectivity index (χ0n) is 20.5. The number of ether oxygens (including phenoxy) is 2. The van der Waals surface area contributed by atoms with Crippen molar-refractivity contribution < 1.29 is 19.7 Å². The summed E-state index contributed by atoms with van der Waals surface area (Å²) in [7, 11) is 0. The third-order valence-electron chi connectivity index (χ3n) is 8.48. The Morgan fingerprint density at radius 1 is 0.861 bits per heavy atom. The van der Waals surface area contributed by atoms with Crippen molar-refractivity contribution in [3.8, 4) is 11.5 Å². The molecule has 0 amide bonds. The van der Waals surface area contributed by atoms with Crippen LogP contribution in [0.15, 0.2) is 91.0 Å². The van der Waals surface area contributed by atoms with E-state index in [1.165, 1.54) is 0 Å². The zero-order valence-corrected chi connectivity index (χ0v) is 20.5. The molecule has 0 unspecified atom stereocenters. The Hall–Kier alpha value is -3.34. The lowest BCUT2D eigenvalue weighted by molar-refractivity contribution is -0.100. The van der Waals surface area contributed by atoms with E-state index in [0.29, 0.717) is 37.6 Å². The average molecular weight is 481 g/mol. The van der Waals surface area contributed by atoms with E-state index in [1.807, 2.05) is 73.7 Å². The van der Waals surface area contributed by atoms with Crippen LogP contribution in [0.2, 0.25) is 0 Å². The Kier molecular flexibility index (Phi) is 5.74. The quantitative estimate of drug-likeness (QED) is 0.423. The lowest BCUT2D eigenvalue weighted by Gasteiger charge is -2.50. The summed E-state index contributed by atoms with van der Waals surface area (Å²) in [5.74, 6) is 1.31. The molecule has 1 saturated carbocycles. The summed E-state index contributed by atoms with van der Waals surface area (Å²) in [4.78, 5) is 0. The lowest BCUT2D eigenvalue weighted by atomic mass is 9.58. The van der Waals surface area contributed by atoms with Crippen molar-refractivity contribution >= 4 is 6.08 Å². The summed E-state index contributed by atoms with van der Waals surface area (Å²) < 4.78 is 12.6. The predicted octanol–water partition coefficient (Wildman–Crippen LogP) is 6.03. The average Bonchev–Trinajstić information content (AvgIpc) is 3.16. The van der Waals surface area contributed by atoms with Crippen molar-refractivity contribution in [3.05, 3.63) is 113 Å². The maximum Gasteiger partial charge on any atom is 0.162 e. The van der Waals surface area contributed by atoms with Crippen molar-refractivity contribution in [1.29, 1.82) is 0 Å². The minimum absolute atomic E-state index is 0.00984. The standard InChI is InChI=1S/C32H32O4/c1-31-16-14-25-26-19-29(36-21-23-10-6-3-7-11-23)28(35-20-22-8-4-2-5-9-22)18-24(26)12-13-27(25)32(31,34)17-15-30(31)33/h2-14,16,18-19,25,27,30,33-34H,15,17,20-21H2,1H3/t25-,27-,30-,31-,32+/m1/s1. The topological polar surface area (TPSA) is 58.9 Å². The normalized spacial score (nSPS) is 29.8. The van der Waals surface area contributed by atoms with Crippen LogP contribution in [-0.2, 0) is 13.2 Å². The summed E-state index contributed by atoms with van der Waals surface area (Å²) in [5, 5.41) is 22.5. The van der Waals surface area contributed by atoms with E-state index >= 15 is 0 Å². The molecule has 4 heteroatoms. The van der Waals surface area contributed by atoms with E-state index < -0.39 is 17.1 Å². The van der Waals surface area contributed by atoms with Gasteiger partial charge in [0.05, 0.1) is 11.7 Å². The highest BCUT2D eigenvalue weighted by Crippen LogP contribution is 2.60. The summed E-state index contributed by atoms with van der Waals surface area (Å²) in [6.07, 6.45) is 9.09. The van der Waals surface area contributed by atoms with Gasteiger partial charge in [-0.05, 0) is 47.2 Å². The first-order valence-electron chi connectivity index (χ1n) is 12.8. The smallest absolute Gasteiger partial charge is 0.162 e. The Morgan fingerprint density at radius 3 is 2.11 bits per heavy atom. The van der Waals surface area contributed by atoms with Crippen molar-refractivity contribution in [2.24, 2.45) is 11.3 Å². The van der Waals surface area contributed by atoms with Gasteiger partial charge in [0.25, 0.3) is 0 Å². The number of hydrogen-bond acceptors (Lipinski definition) is 4. The van der Waals surface area contributed by atoms with Gasteiger partial charge < -0.3 is 19.7 Å². The highest BCUT2D eigenvalue weighted by atomic mass is 16.5. The van der Waals surface area contributed by atoms with E-state index in [-0.39, 0.29) is 11.8 Å². The lowest BCUT2D eigenvalue weighted by Crippen LogP contribution is -2.54. The first-order chi connectivity index (χ1) is 17.5. The van der Waals surface area contributed by atoms with E-state index in [4.69, 9.17) is 9.47 Å². The van der Waals surface area contributed by atoms with Gasteiger partial charge in [0.2, 0.25) is 0 Å². The minimum Gasteiger partial charge on any atom is -0.485 e. The fraction of sp³-hybridized carbons (Fsp3) is 0.312. The molecule has 2 N–H and O–H groups in total. The van der Waals surface area contributed by atoms with Crippen LogP contribution < -0.4 is 9.47 Å². The summed E-state index contributed by atoms with van der Waals surface area (Å²) in [5.41, 5.74) is 2.75. The molecule has 0 bridgehead atoms. The van der Waals surface area contributed by atoms with E-state index in [0.717, 1.165) is 22.3 Å². The van der Waals surface area contributed by atoms with Gasteiger partial charge in [-0.1, -0.05) is 91.9 Å². The molecule has 0 heterocycles. The van der Waals surface area contributed by atoms with E-state index in [2.05, 4.69) is 30.4 Å². The van der Waals surface area contributed by atoms with Crippen molar-refractivity contribution in [3.63, 3.8) is 0 Å². The Bertz CT molecular complexity index is 1300. The monoisotopic (exact) mass is 480 g/mol. The Morgan fingerprint density at radius 2 is 1.47 bits per heavy atom. The van der Waals surface area contributed by atoms with Gasteiger partial charge in [-0.15, -0.1) is 0 Å². The zero-order chi connectivity index (χ0) is 24.8. The highest BCUT2D eigenvalue weighted by molar-refractivity contribution is 5.66. The number of aliphatic hydroxyl groups excluding tert-OH is 1. The maximum atomic E-state index is 11.8. The highest BCUT2D eigenvalue weighted by Gasteiger charge is 2.61. The molecule has 3 aromatic rings. The van der Waals surface area contributed by atoms with Gasteiger partial charge in [-0.3, -0.25) is 0 Å². The SMILES string of the molecule is C[C@]12C=C[C@@H]3c4cc(OCc5ccccc5)c(OCc5ccccc5)cc4C=C[C@H]3[C@@]1(O)CC[C@H]2O. The Balaban J connectivity index is 1.36. The third-order valence-corrected chi connectivity index (χ3v) is 8.48. The van der Waals surface area contributed by atoms with Crippen LogP contribution in [0, 0.1) is 11.3 Å². The molecule has 3 aliphatic carbocycles. The van der Waals surface area contributed by atoms with Crippen molar-refractivity contribution in [2.75, 3.05) is 0 Å². The van der Waals surface area contributed by atoms with Crippen LogP contribution in [0.3, 0.4) is 0 Å². The molecule has 0 saturated heterocycles. The number of rotatable bonds is 6. The van der Waals surface area contributed by atoms with Crippen LogP contribution in [0.1, 0.15) is 47.9 Å². The molecule has 3 aromatic carbocycles. The number of aliphatic hydroxyl groups is 2. The first kappa shape index (κ1) is 23.1. The predicted molar refractivity (Wildman–Crippen MR) is 141 cm³/mol. The van der Waals surface area contributed by atoms with Gasteiger partial charge in [0, 0.05) is 17.3 Å². The molecule has 0 aliphatic heterocycles. The van der Waals surface area contributed by atoms with Crippen LogP contribution in [0.5, 0.6) is 11.5 Å². The van der Waals surface area contributed by atoms with Crippen LogP contribution in [0.25, 0.3) is 6.08 Å². The van der Waals surface area contributed by atoms with Crippen LogP contribution >= 0.6 is 0 Å². The molecule has 36 heavy (non-hydrogen) atoms. The molecule has 3 aliphatic rings. The van der Waals surface area contributed by atoms with Crippen molar-refractivity contribution in [1.82, 2.24) is 0 Å². The van der Waals surface area contributed by atoms with Gasteiger partial charge in [0.1, 0.15) is 13.2 Å². The molecular formula is C32H32O4. The molecule has 4 nitrogen and oxygen atoms in total. The second-order valence-electron chi connectivity index (χ2n) is 10.5. The second kappa shape index (κ2) is 8.95. The van der Waals surface area contributed by atoms with Gasteiger partial charge in [-0.25, -0.2) is 0 Å². The number of benzene rings is 3. The molecule has 6 rings (SSSR count). The van der Waals surface area contributed by atoms with E-state index in [9.17, 15) is 10.2 Å². The molecule has 184 valence electrons. The molecule has 0 spiro atoms. The number of hydrogen-bond donors (Lipinski definition) is 2. The molecule has 0 radical (unpaired) electrons. The number of allylic oxidation sites excluding steroid dienone is 1. The second-order valence-corrected chi connectivity index (χ2v) is 10.5. The van der Waals surface area contributed by atoms with Gasteiger partial charge in [0.15, 0.2) is 11.5 Å². The molecular weight excluding hydrogens is 448 g/mol. The van der Waals surface area contributed by atoms with Crippen LogP contribution in [0.4, 0.5) is 0 Å². The molecule has 5 atom stereocenters. The summed E-state index contributed by atoms with van der Waals surface area (Å²) in [6, 6.07) is 24.4. The third kappa shape index (κ3) is 3.76.